The molecule has 1 saturated heterocycles. The molecule has 0 saturated carbocycles. The van der Waals surface area contributed by atoms with Gasteiger partial charge in [-0.15, -0.1) is 0 Å². The lowest BCUT2D eigenvalue weighted by molar-refractivity contribution is -0.117. The van der Waals surface area contributed by atoms with Crippen molar-refractivity contribution in [3.63, 3.8) is 0 Å². The van der Waals surface area contributed by atoms with Gasteiger partial charge in [0.1, 0.15) is 0 Å². The minimum absolute atomic E-state index is 0.186. The molecule has 1 fully saturated rings. The van der Waals surface area contributed by atoms with Gasteiger partial charge in [0.25, 0.3) is 0 Å². The Morgan fingerprint density at radius 2 is 2.17 bits per heavy atom. The van der Waals surface area contributed by atoms with Gasteiger partial charge in [0.15, 0.2) is 0 Å². The van der Waals surface area contributed by atoms with Gasteiger partial charge in [-0.25, -0.2) is 0 Å². The fourth-order valence-corrected chi connectivity index (χ4v) is 2.70. The van der Waals surface area contributed by atoms with Crippen LogP contribution >= 0.6 is 12.6 Å². The standard InChI is InChI=1S/C14H14N2OS/c17-14-7-10(9-18)8-16(14)13-5-6-15-12-4-2-1-3-11(12)13/h1-6,10,18H,7-9H2. The summed E-state index contributed by atoms with van der Waals surface area (Å²) in [6.45, 7) is 0.760. The molecule has 1 unspecified atom stereocenters. The number of fused-ring (bicyclic) bond motifs is 1. The Kier molecular flexibility index (Phi) is 2.96. The quantitative estimate of drug-likeness (QED) is 0.840. The number of benzene rings is 1. The molecule has 0 spiro atoms. The second-order valence-corrected chi connectivity index (χ2v) is 4.97. The maximum atomic E-state index is 12.1. The molecule has 0 aliphatic carbocycles. The van der Waals surface area contributed by atoms with E-state index < -0.39 is 0 Å². The zero-order valence-electron chi connectivity index (χ0n) is 9.91. The summed E-state index contributed by atoms with van der Waals surface area (Å²) in [6.07, 6.45) is 2.36. The lowest BCUT2D eigenvalue weighted by Crippen LogP contribution is -2.24. The molecule has 2 heterocycles. The van der Waals surface area contributed by atoms with Crippen molar-refractivity contribution in [3.8, 4) is 0 Å². The molecule has 0 radical (unpaired) electrons. The highest BCUT2D eigenvalue weighted by atomic mass is 32.1. The Morgan fingerprint density at radius 1 is 1.33 bits per heavy atom. The molecule has 4 heteroatoms. The van der Waals surface area contributed by atoms with Crippen molar-refractivity contribution in [2.75, 3.05) is 17.2 Å². The first kappa shape index (κ1) is 11.5. The molecule has 0 N–H and O–H groups in total. The number of anilines is 1. The number of aromatic nitrogens is 1. The van der Waals surface area contributed by atoms with Crippen LogP contribution in [0.3, 0.4) is 0 Å². The number of nitrogens with zero attached hydrogens (tertiary/aromatic N) is 2. The first-order valence-corrected chi connectivity index (χ1v) is 6.68. The van der Waals surface area contributed by atoms with Gasteiger partial charge in [-0.1, -0.05) is 18.2 Å². The van der Waals surface area contributed by atoms with Crippen molar-refractivity contribution < 1.29 is 4.79 Å². The number of hydrogen-bond donors (Lipinski definition) is 1. The zero-order chi connectivity index (χ0) is 12.5. The van der Waals surface area contributed by atoms with E-state index in [0.29, 0.717) is 12.3 Å². The van der Waals surface area contributed by atoms with Gasteiger partial charge in [-0.2, -0.15) is 12.6 Å². The van der Waals surface area contributed by atoms with Crippen LogP contribution in [0, 0.1) is 5.92 Å². The van der Waals surface area contributed by atoms with Crippen molar-refractivity contribution >= 4 is 35.1 Å². The van der Waals surface area contributed by atoms with Gasteiger partial charge in [0.05, 0.1) is 11.2 Å². The number of carbonyl (C=O) groups is 1. The van der Waals surface area contributed by atoms with Gasteiger partial charge in [0, 0.05) is 24.5 Å². The predicted octanol–water partition coefficient (Wildman–Crippen LogP) is 2.52. The number of rotatable bonds is 2. The fourth-order valence-electron chi connectivity index (χ4n) is 2.45. The third kappa shape index (κ3) is 1.86. The monoisotopic (exact) mass is 258 g/mol. The number of thiol groups is 1. The van der Waals surface area contributed by atoms with E-state index in [-0.39, 0.29) is 5.91 Å². The van der Waals surface area contributed by atoms with Crippen LogP contribution < -0.4 is 4.90 Å². The van der Waals surface area contributed by atoms with Gasteiger partial charge < -0.3 is 4.90 Å². The van der Waals surface area contributed by atoms with E-state index in [1.807, 2.05) is 35.2 Å². The Balaban J connectivity index is 2.07. The second kappa shape index (κ2) is 4.61. The molecule has 1 aromatic carbocycles. The van der Waals surface area contributed by atoms with Gasteiger partial charge in [-0.05, 0) is 23.8 Å². The lowest BCUT2D eigenvalue weighted by atomic mass is 10.1. The molecule has 0 bridgehead atoms. The second-order valence-electron chi connectivity index (χ2n) is 4.60. The highest BCUT2D eigenvalue weighted by molar-refractivity contribution is 7.80. The topological polar surface area (TPSA) is 33.2 Å². The van der Waals surface area contributed by atoms with Crippen molar-refractivity contribution in [1.29, 1.82) is 0 Å². The van der Waals surface area contributed by atoms with Crippen molar-refractivity contribution in [3.05, 3.63) is 36.5 Å². The summed E-state index contributed by atoms with van der Waals surface area (Å²) >= 11 is 4.29. The molecule has 1 aliphatic heterocycles. The van der Waals surface area contributed by atoms with Crippen molar-refractivity contribution in [1.82, 2.24) is 4.98 Å². The summed E-state index contributed by atoms with van der Waals surface area (Å²) in [5, 5.41) is 1.04. The normalized spacial score (nSPS) is 19.7. The van der Waals surface area contributed by atoms with Crippen LogP contribution in [0.2, 0.25) is 0 Å². The Morgan fingerprint density at radius 3 is 2.94 bits per heavy atom. The zero-order valence-corrected chi connectivity index (χ0v) is 10.8. The van der Waals surface area contributed by atoms with Gasteiger partial charge in [0.2, 0.25) is 5.91 Å². The number of carbonyl (C=O) groups excluding carboxylic acids is 1. The summed E-state index contributed by atoms with van der Waals surface area (Å²) in [5.74, 6) is 1.30. The van der Waals surface area contributed by atoms with Crippen LogP contribution in [0.4, 0.5) is 5.69 Å². The van der Waals surface area contributed by atoms with E-state index >= 15 is 0 Å². The third-order valence-corrected chi connectivity index (χ3v) is 3.90. The third-order valence-electron chi connectivity index (χ3n) is 3.38. The van der Waals surface area contributed by atoms with Crippen LogP contribution in [0.5, 0.6) is 0 Å². The highest BCUT2D eigenvalue weighted by Crippen LogP contribution is 2.30. The average Bonchev–Trinajstić information content (AvgIpc) is 2.79. The summed E-state index contributed by atoms with van der Waals surface area (Å²) < 4.78 is 0. The van der Waals surface area contributed by atoms with E-state index in [0.717, 1.165) is 28.9 Å². The Bertz CT molecular complexity index is 594. The molecule has 3 nitrogen and oxygen atoms in total. The molecule has 1 aliphatic rings. The van der Waals surface area contributed by atoms with Crippen LogP contribution in [0.15, 0.2) is 36.5 Å². The first-order valence-electron chi connectivity index (χ1n) is 6.04. The fraction of sp³-hybridized carbons (Fsp3) is 0.286. The van der Waals surface area contributed by atoms with E-state index in [9.17, 15) is 4.79 Å². The minimum atomic E-state index is 0.186. The Labute approximate surface area is 111 Å². The Hall–Kier alpha value is -1.55. The molecular weight excluding hydrogens is 244 g/mol. The average molecular weight is 258 g/mol. The minimum Gasteiger partial charge on any atom is -0.311 e. The molecular formula is C14H14N2OS. The van der Waals surface area contributed by atoms with Crippen LogP contribution in [0.25, 0.3) is 10.9 Å². The smallest absolute Gasteiger partial charge is 0.227 e. The van der Waals surface area contributed by atoms with Crippen LogP contribution in [-0.2, 0) is 4.79 Å². The molecule has 92 valence electrons. The van der Waals surface area contributed by atoms with Crippen LogP contribution in [-0.4, -0.2) is 23.2 Å². The van der Waals surface area contributed by atoms with Crippen molar-refractivity contribution in [2.24, 2.45) is 5.92 Å². The molecule has 2 aromatic rings. The summed E-state index contributed by atoms with van der Waals surface area (Å²) in [4.78, 5) is 18.2. The molecule has 1 amide bonds. The largest absolute Gasteiger partial charge is 0.311 e. The number of para-hydroxylation sites is 1. The predicted molar refractivity (Wildman–Crippen MR) is 76.1 cm³/mol. The molecule has 1 aromatic heterocycles. The first-order chi connectivity index (χ1) is 8.79. The molecule has 1 atom stereocenters. The van der Waals surface area contributed by atoms with Crippen LogP contribution in [0.1, 0.15) is 6.42 Å². The lowest BCUT2D eigenvalue weighted by Gasteiger charge is -2.18. The van der Waals surface area contributed by atoms with E-state index in [1.54, 1.807) is 6.20 Å². The van der Waals surface area contributed by atoms with Crippen molar-refractivity contribution in [2.45, 2.75) is 6.42 Å². The number of amides is 1. The summed E-state index contributed by atoms with van der Waals surface area (Å²) in [5.41, 5.74) is 1.90. The molecule has 18 heavy (non-hydrogen) atoms. The van der Waals surface area contributed by atoms with Gasteiger partial charge in [-0.3, -0.25) is 9.78 Å². The number of pyridine rings is 1. The SMILES string of the molecule is O=C1CC(CS)CN1c1ccnc2ccccc12. The molecule has 3 rings (SSSR count). The maximum Gasteiger partial charge on any atom is 0.227 e. The highest BCUT2D eigenvalue weighted by Gasteiger charge is 2.30. The summed E-state index contributed by atoms with van der Waals surface area (Å²) in [7, 11) is 0. The van der Waals surface area contributed by atoms with E-state index in [2.05, 4.69) is 17.6 Å². The summed E-state index contributed by atoms with van der Waals surface area (Å²) in [6, 6.07) is 9.83. The van der Waals surface area contributed by atoms with E-state index in [1.165, 1.54) is 0 Å². The van der Waals surface area contributed by atoms with E-state index in [4.69, 9.17) is 0 Å². The van der Waals surface area contributed by atoms with Gasteiger partial charge >= 0.3 is 0 Å². The number of hydrogen-bond acceptors (Lipinski definition) is 3. The maximum absolute atomic E-state index is 12.1.